The van der Waals surface area contributed by atoms with Crippen LogP contribution in [0.25, 0.3) is 0 Å². The first kappa shape index (κ1) is 15.8. The normalized spacial score (nSPS) is 24.1. The van der Waals surface area contributed by atoms with Crippen LogP contribution in [0.1, 0.15) is 64.7 Å². The van der Waals surface area contributed by atoms with Crippen LogP contribution in [0.3, 0.4) is 0 Å². The Kier molecular flexibility index (Phi) is 8.51. The summed E-state index contributed by atoms with van der Waals surface area (Å²) in [4.78, 5) is 10.9. The zero-order chi connectivity index (χ0) is 13.2. The van der Waals surface area contributed by atoms with Crippen molar-refractivity contribution in [3.05, 3.63) is 0 Å². The molecule has 0 bridgehead atoms. The smallest absolute Gasteiger partial charge is 0.320 e. The van der Waals surface area contributed by atoms with Gasteiger partial charge < -0.3 is 5.11 Å². The number of aliphatic carboxylic acids is 1. The molecule has 0 amide bonds. The van der Waals surface area contributed by atoms with Crippen LogP contribution in [0.15, 0.2) is 0 Å². The topological polar surface area (TPSA) is 49.3 Å². The number of carboxylic acids is 1. The molecule has 1 aliphatic rings. The van der Waals surface area contributed by atoms with E-state index in [-0.39, 0.29) is 6.04 Å². The Hall–Kier alpha value is -0.220. The molecule has 2 atom stereocenters. The first-order chi connectivity index (χ1) is 8.74. The second-order valence-corrected chi connectivity index (χ2v) is 6.43. The Morgan fingerprint density at radius 1 is 1.22 bits per heavy atom. The van der Waals surface area contributed by atoms with Gasteiger partial charge >= 0.3 is 5.97 Å². The summed E-state index contributed by atoms with van der Waals surface area (Å²) in [5.41, 5.74) is 0. The minimum Gasteiger partial charge on any atom is -0.480 e. The fraction of sp³-hybridized carbons (Fsp3) is 0.929. The van der Waals surface area contributed by atoms with Gasteiger partial charge in [-0.1, -0.05) is 51.9 Å². The number of rotatable bonds is 9. The average molecular weight is 273 g/mol. The molecule has 1 rings (SSSR count). The number of nitrogens with one attached hydrogen (secondary N) is 1. The van der Waals surface area contributed by atoms with Gasteiger partial charge in [0, 0.05) is 0 Å². The third-order valence-corrected chi connectivity index (χ3v) is 4.73. The fourth-order valence-electron chi connectivity index (χ4n) is 2.33. The molecule has 1 heterocycles. The van der Waals surface area contributed by atoms with E-state index in [9.17, 15) is 4.79 Å². The predicted molar refractivity (Wildman–Crippen MR) is 78.0 cm³/mol. The number of hydrogen-bond donors (Lipinski definition) is 2. The van der Waals surface area contributed by atoms with Crippen molar-refractivity contribution < 1.29 is 9.90 Å². The molecule has 4 heteroatoms. The minimum atomic E-state index is -0.695. The first-order valence-electron chi connectivity index (χ1n) is 7.34. The summed E-state index contributed by atoms with van der Waals surface area (Å²) in [6.07, 6.45) is 11.1. The van der Waals surface area contributed by atoms with Gasteiger partial charge in [-0.15, -0.1) is 11.8 Å². The van der Waals surface area contributed by atoms with E-state index in [1.165, 1.54) is 44.9 Å². The zero-order valence-corrected chi connectivity index (χ0v) is 12.3. The van der Waals surface area contributed by atoms with Crippen LogP contribution < -0.4 is 5.32 Å². The van der Waals surface area contributed by atoms with Gasteiger partial charge in [0.25, 0.3) is 0 Å². The SMILES string of the molecule is CCCCCCCCC[C@@H]1N[C@@H](C(=O)O)CCS1. The third-order valence-electron chi connectivity index (χ3n) is 3.48. The molecule has 3 nitrogen and oxygen atoms in total. The minimum absolute atomic E-state index is 0.319. The standard InChI is InChI=1S/C14H27NO2S/c1-2-3-4-5-6-7-8-9-13-15-12(14(16)17)10-11-18-13/h12-13,15H,2-11H2,1H3,(H,16,17)/t12-,13-/m1/s1. The number of unbranched alkanes of at least 4 members (excludes halogenated alkanes) is 6. The first-order valence-corrected chi connectivity index (χ1v) is 8.39. The second kappa shape index (κ2) is 9.68. The van der Waals surface area contributed by atoms with Gasteiger partial charge in [-0.25, -0.2) is 0 Å². The van der Waals surface area contributed by atoms with Crippen LogP contribution in [0.4, 0.5) is 0 Å². The highest BCUT2D eigenvalue weighted by Crippen LogP contribution is 2.23. The van der Waals surface area contributed by atoms with Gasteiger partial charge in [-0.2, -0.15) is 0 Å². The van der Waals surface area contributed by atoms with Gasteiger partial charge in [0.1, 0.15) is 6.04 Å². The molecule has 0 spiro atoms. The summed E-state index contributed by atoms with van der Waals surface area (Å²) in [6.45, 7) is 2.24. The van der Waals surface area contributed by atoms with Crippen molar-refractivity contribution in [1.29, 1.82) is 0 Å². The highest BCUT2D eigenvalue weighted by molar-refractivity contribution is 7.99. The molecule has 2 N–H and O–H groups in total. The molecule has 1 fully saturated rings. The van der Waals surface area contributed by atoms with Crippen LogP contribution in [-0.2, 0) is 4.79 Å². The largest absolute Gasteiger partial charge is 0.480 e. The summed E-state index contributed by atoms with van der Waals surface area (Å²) in [5, 5.41) is 12.6. The van der Waals surface area contributed by atoms with Crippen molar-refractivity contribution in [3.8, 4) is 0 Å². The lowest BCUT2D eigenvalue weighted by atomic mass is 10.1. The number of hydrogen-bond acceptors (Lipinski definition) is 3. The van der Waals surface area contributed by atoms with Gasteiger partial charge in [0.05, 0.1) is 5.37 Å². The molecule has 0 radical (unpaired) electrons. The third kappa shape index (κ3) is 6.64. The van der Waals surface area contributed by atoms with E-state index in [0.29, 0.717) is 5.37 Å². The van der Waals surface area contributed by atoms with Crippen LogP contribution in [0.5, 0.6) is 0 Å². The van der Waals surface area contributed by atoms with Gasteiger partial charge in [0.15, 0.2) is 0 Å². The van der Waals surface area contributed by atoms with E-state index in [4.69, 9.17) is 5.11 Å². The maximum atomic E-state index is 10.9. The summed E-state index contributed by atoms with van der Waals surface area (Å²) < 4.78 is 0. The van der Waals surface area contributed by atoms with E-state index >= 15 is 0 Å². The molecule has 0 saturated carbocycles. The molecule has 0 aromatic carbocycles. The Morgan fingerprint density at radius 2 is 1.89 bits per heavy atom. The van der Waals surface area contributed by atoms with Crippen molar-refractivity contribution in [2.45, 2.75) is 76.1 Å². The number of carbonyl (C=O) groups is 1. The van der Waals surface area contributed by atoms with Gasteiger partial charge in [0.2, 0.25) is 0 Å². The van der Waals surface area contributed by atoms with E-state index in [1.807, 2.05) is 11.8 Å². The van der Waals surface area contributed by atoms with Crippen molar-refractivity contribution in [2.75, 3.05) is 5.75 Å². The van der Waals surface area contributed by atoms with Crippen LogP contribution in [0.2, 0.25) is 0 Å². The monoisotopic (exact) mass is 273 g/mol. The highest BCUT2D eigenvalue weighted by atomic mass is 32.2. The Bertz CT molecular complexity index is 236. The number of thioether (sulfide) groups is 1. The Balaban J connectivity index is 2.00. The molecule has 18 heavy (non-hydrogen) atoms. The summed E-state index contributed by atoms with van der Waals surface area (Å²) in [6, 6.07) is -0.319. The van der Waals surface area contributed by atoms with Crippen molar-refractivity contribution in [2.24, 2.45) is 0 Å². The van der Waals surface area contributed by atoms with Crippen molar-refractivity contribution >= 4 is 17.7 Å². The average Bonchev–Trinajstić information content (AvgIpc) is 2.38. The summed E-state index contributed by atoms with van der Waals surface area (Å²) in [5.74, 6) is 0.283. The lowest BCUT2D eigenvalue weighted by Gasteiger charge is -2.28. The molecule has 0 unspecified atom stereocenters. The number of carboxylic acid groups (broad SMARTS) is 1. The molecular weight excluding hydrogens is 246 g/mol. The lowest BCUT2D eigenvalue weighted by Crippen LogP contribution is -2.45. The van der Waals surface area contributed by atoms with Gasteiger partial charge in [-0.05, 0) is 18.6 Å². The van der Waals surface area contributed by atoms with Crippen molar-refractivity contribution in [3.63, 3.8) is 0 Å². The fourth-order valence-corrected chi connectivity index (χ4v) is 3.58. The summed E-state index contributed by atoms with van der Waals surface area (Å²) >= 11 is 1.88. The van der Waals surface area contributed by atoms with E-state index < -0.39 is 5.97 Å². The highest BCUT2D eigenvalue weighted by Gasteiger charge is 2.25. The molecule has 0 aromatic heterocycles. The Labute approximate surface area is 115 Å². The molecule has 0 aliphatic carbocycles. The van der Waals surface area contributed by atoms with Crippen LogP contribution >= 0.6 is 11.8 Å². The second-order valence-electron chi connectivity index (χ2n) is 5.12. The lowest BCUT2D eigenvalue weighted by molar-refractivity contribution is -0.139. The van der Waals surface area contributed by atoms with E-state index in [2.05, 4.69) is 12.2 Å². The zero-order valence-electron chi connectivity index (χ0n) is 11.5. The van der Waals surface area contributed by atoms with Gasteiger partial charge in [-0.3, -0.25) is 10.1 Å². The van der Waals surface area contributed by atoms with Crippen LogP contribution in [-0.4, -0.2) is 28.2 Å². The molecule has 1 aliphatic heterocycles. The molecule has 0 aromatic rings. The van der Waals surface area contributed by atoms with E-state index in [0.717, 1.165) is 18.6 Å². The maximum absolute atomic E-state index is 10.9. The predicted octanol–water partition coefficient (Wildman–Crippen LogP) is 3.63. The van der Waals surface area contributed by atoms with E-state index in [1.54, 1.807) is 0 Å². The molecule has 106 valence electrons. The molecule has 1 saturated heterocycles. The van der Waals surface area contributed by atoms with Crippen LogP contribution in [0, 0.1) is 0 Å². The quantitative estimate of drug-likeness (QED) is 0.630. The Morgan fingerprint density at radius 3 is 2.56 bits per heavy atom. The van der Waals surface area contributed by atoms with Crippen molar-refractivity contribution in [1.82, 2.24) is 5.32 Å². The summed E-state index contributed by atoms with van der Waals surface area (Å²) in [7, 11) is 0. The maximum Gasteiger partial charge on any atom is 0.320 e. The molecular formula is C14H27NO2S.